The first-order valence-electron chi connectivity index (χ1n) is 11.1. The Labute approximate surface area is 194 Å². The second kappa shape index (κ2) is 8.03. The highest BCUT2D eigenvalue weighted by Crippen LogP contribution is 2.40. The van der Waals surface area contributed by atoms with Crippen molar-refractivity contribution >= 4 is 21.6 Å². The van der Waals surface area contributed by atoms with Crippen LogP contribution >= 0.6 is 11.3 Å². The SMILES string of the molecule is Cc1ccccc1-c1nc2c(-c3ccc(-c4ccccc4)cc3)cc(C(C)(C)C)cc2s1. The van der Waals surface area contributed by atoms with Crippen LogP contribution in [0, 0.1) is 6.92 Å². The Balaban J connectivity index is 1.68. The van der Waals surface area contributed by atoms with Crippen molar-refractivity contribution in [3.05, 3.63) is 102 Å². The topological polar surface area (TPSA) is 12.9 Å². The van der Waals surface area contributed by atoms with Gasteiger partial charge in [-0.05, 0) is 52.3 Å². The molecular weight excluding hydrogens is 406 g/mol. The molecule has 1 heterocycles. The zero-order valence-electron chi connectivity index (χ0n) is 19.0. The molecule has 2 heteroatoms. The van der Waals surface area contributed by atoms with Gasteiger partial charge in [0.15, 0.2) is 0 Å². The van der Waals surface area contributed by atoms with Gasteiger partial charge in [0, 0.05) is 11.1 Å². The third-order valence-corrected chi connectivity index (χ3v) is 7.08. The molecule has 1 aromatic heterocycles. The number of hydrogen-bond acceptors (Lipinski definition) is 2. The van der Waals surface area contributed by atoms with E-state index in [1.165, 1.54) is 43.6 Å². The van der Waals surface area contributed by atoms with E-state index in [1.807, 2.05) is 0 Å². The van der Waals surface area contributed by atoms with Gasteiger partial charge in [-0.3, -0.25) is 0 Å². The lowest BCUT2D eigenvalue weighted by Gasteiger charge is -2.20. The van der Waals surface area contributed by atoms with Crippen LogP contribution in [0.3, 0.4) is 0 Å². The number of nitrogens with zero attached hydrogens (tertiary/aromatic N) is 1. The number of hydrogen-bond donors (Lipinski definition) is 0. The number of aryl methyl sites for hydroxylation is 1. The Morgan fingerprint density at radius 3 is 1.97 bits per heavy atom. The molecule has 0 bridgehead atoms. The van der Waals surface area contributed by atoms with E-state index in [-0.39, 0.29) is 5.41 Å². The summed E-state index contributed by atoms with van der Waals surface area (Å²) in [6.07, 6.45) is 0. The van der Waals surface area contributed by atoms with E-state index < -0.39 is 0 Å². The largest absolute Gasteiger partial charge is 0.235 e. The van der Waals surface area contributed by atoms with Gasteiger partial charge in [-0.2, -0.15) is 0 Å². The molecule has 0 aliphatic rings. The Morgan fingerprint density at radius 1 is 0.656 bits per heavy atom. The van der Waals surface area contributed by atoms with Gasteiger partial charge in [-0.1, -0.05) is 99.6 Å². The molecule has 32 heavy (non-hydrogen) atoms. The second-order valence-electron chi connectivity index (χ2n) is 9.40. The molecule has 0 amide bonds. The maximum absolute atomic E-state index is 5.14. The van der Waals surface area contributed by atoms with Gasteiger partial charge in [0.2, 0.25) is 0 Å². The van der Waals surface area contributed by atoms with Gasteiger partial charge in [0.05, 0.1) is 10.2 Å². The lowest BCUT2D eigenvalue weighted by atomic mass is 9.85. The fourth-order valence-corrected chi connectivity index (χ4v) is 5.21. The highest BCUT2D eigenvalue weighted by molar-refractivity contribution is 7.21. The molecular formula is C30H27NS. The number of rotatable bonds is 3. The fraction of sp³-hybridized carbons (Fsp3) is 0.167. The summed E-state index contributed by atoms with van der Waals surface area (Å²) >= 11 is 1.79. The molecule has 0 fully saturated rings. The molecule has 4 aromatic carbocycles. The number of aromatic nitrogens is 1. The Morgan fingerprint density at radius 2 is 1.28 bits per heavy atom. The predicted molar refractivity (Wildman–Crippen MR) is 139 cm³/mol. The molecule has 0 spiro atoms. The van der Waals surface area contributed by atoms with E-state index in [0.717, 1.165) is 10.5 Å². The average Bonchev–Trinajstić information content (AvgIpc) is 3.23. The fourth-order valence-electron chi connectivity index (χ4n) is 4.08. The second-order valence-corrected chi connectivity index (χ2v) is 10.4. The van der Waals surface area contributed by atoms with Gasteiger partial charge in [0.1, 0.15) is 5.01 Å². The third-order valence-electron chi connectivity index (χ3n) is 6.04. The molecule has 0 atom stereocenters. The summed E-state index contributed by atoms with van der Waals surface area (Å²) in [7, 11) is 0. The first kappa shape index (κ1) is 20.7. The molecule has 5 aromatic rings. The first-order chi connectivity index (χ1) is 15.4. The van der Waals surface area contributed by atoms with E-state index in [9.17, 15) is 0 Å². The quantitative estimate of drug-likeness (QED) is 0.277. The Bertz CT molecular complexity index is 1390. The molecule has 158 valence electrons. The molecule has 0 saturated heterocycles. The van der Waals surface area contributed by atoms with E-state index in [1.54, 1.807) is 11.3 Å². The zero-order chi connectivity index (χ0) is 22.3. The van der Waals surface area contributed by atoms with Crippen LogP contribution in [0.15, 0.2) is 91.0 Å². The van der Waals surface area contributed by atoms with Crippen LogP contribution in [-0.4, -0.2) is 4.98 Å². The molecule has 0 saturated carbocycles. The minimum absolute atomic E-state index is 0.0692. The highest BCUT2D eigenvalue weighted by atomic mass is 32.1. The van der Waals surface area contributed by atoms with Crippen LogP contribution < -0.4 is 0 Å². The van der Waals surface area contributed by atoms with E-state index in [2.05, 4.69) is 119 Å². The maximum Gasteiger partial charge on any atom is 0.124 e. The molecule has 0 N–H and O–H groups in total. The summed E-state index contributed by atoms with van der Waals surface area (Å²) in [5.74, 6) is 0. The first-order valence-corrected chi connectivity index (χ1v) is 11.9. The van der Waals surface area contributed by atoms with Gasteiger partial charge < -0.3 is 0 Å². The van der Waals surface area contributed by atoms with Crippen LogP contribution in [0.2, 0.25) is 0 Å². The minimum atomic E-state index is 0.0692. The van der Waals surface area contributed by atoms with Crippen molar-refractivity contribution in [2.24, 2.45) is 0 Å². The van der Waals surface area contributed by atoms with E-state index in [0.29, 0.717) is 0 Å². The number of thiazole rings is 1. The van der Waals surface area contributed by atoms with Crippen LogP contribution in [0.25, 0.3) is 43.0 Å². The van der Waals surface area contributed by atoms with Crippen molar-refractivity contribution in [1.82, 2.24) is 4.98 Å². The average molecular weight is 434 g/mol. The standard InChI is InChI=1S/C30H27NS/c1-20-10-8-9-13-25(20)29-31-28-26(18-24(30(2,3)4)19-27(28)32-29)23-16-14-22(15-17-23)21-11-6-5-7-12-21/h5-19H,1-4H3. The van der Waals surface area contributed by atoms with Gasteiger partial charge in [-0.15, -0.1) is 11.3 Å². The van der Waals surface area contributed by atoms with Crippen LogP contribution in [0.1, 0.15) is 31.9 Å². The summed E-state index contributed by atoms with van der Waals surface area (Å²) in [4.78, 5) is 5.14. The highest BCUT2D eigenvalue weighted by Gasteiger charge is 2.20. The number of benzene rings is 4. The summed E-state index contributed by atoms with van der Waals surface area (Å²) in [5.41, 5.74) is 9.87. The van der Waals surface area contributed by atoms with Crippen molar-refractivity contribution in [3.8, 4) is 32.8 Å². The summed E-state index contributed by atoms with van der Waals surface area (Å²) in [6, 6.07) is 32.6. The molecule has 0 aliphatic heterocycles. The maximum atomic E-state index is 5.14. The van der Waals surface area contributed by atoms with Crippen LogP contribution in [0.4, 0.5) is 0 Å². The van der Waals surface area contributed by atoms with Gasteiger partial charge in [0.25, 0.3) is 0 Å². The molecule has 0 unspecified atom stereocenters. The van der Waals surface area contributed by atoms with Gasteiger partial charge >= 0.3 is 0 Å². The molecule has 1 nitrogen and oxygen atoms in total. The third kappa shape index (κ3) is 3.87. The summed E-state index contributed by atoms with van der Waals surface area (Å²) < 4.78 is 1.25. The van der Waals surface area contributed by atoms with Crippen molar-refractivity contribution in [1.29, 1.82) is 0 Å². The molecule has 0 radical (unpaired) electrons. The predicted octanol–water partition coefficient (Wildman–Crippen LogP) is 8.90. The molecule has 0 aliphatic carbocycles. The van der Waals surface area contributed by atoms with Gasteiger partial charge in [-0.25, -0.2) is 4.98 Å². The van der Waals surface area contributed by atoms with Crippen molar-refractivity contribution in [2.45, 2.75) is 33.1 Å². The Hall–Kier alpha value is -3.23. The lowest BCUT2D eigenvalue weighted by Crippen LogP contribution is -2.11. The van der Waals surface area contributed by atoms with Crippen LogP contribution in [-0.2, 0) is 5.41 Å². The monoisotopic (exact) mass is 433 g/mol. The Kier molecular flexibility index (Phi) is 5.19. The molecule has 5 rings (SSSR count). The van der Waals surface area contributed by atoms with Crippen LogP contribution in [0.5, 0.6) is 0 Å². The lowest BCUT2D eigenvalue weighted by molar-refractivity contribution is 0.591. The van der Waals surface area contributed by atoms with Crippen molar-refractivity contribution in [3.63, 3.8) is 0 Å². The van der Waals surface area contributed by atoms with E-state index in [4.69, 9.17) is 4.98 Å². The van der Waals surface area contributed by atoms with E-state index >= 15 is 0 Å². The summed E-state index contributed by atoms with van der Waals surface area (Å²) in [6.45, 7) is 8.99. The number of fused-ring (bicyclic) bond motifs is 1. The van der Waals surface area contributed by atoms with Crippen molar-refractivity contribution < 1.29 is 0 Å². The summed E-state index contributed by atoms with van der Waals surface area (Å²) in [5, 5.41) is 1.09. The zero-order valence-corrected chi connectivity index (χ0v) is 19.8. The van der Waals surface area contributed by atoms with Crippen molar-refractivity contribution in [2.75, 3.05) is 0 Å². The minimum Gasteiger partial charge on any atom is -0.235 e. The smallest absolute Gasteiger partial charge is 0.124 e. The normalized spacial score (nSPS) is 11.8.